The molecule has 0 fully saturated rings. The molecule has 1 unspecified atom stereocenters. The largest absolute Gasteiger partial charge is 0.492 e. The molecule has 0 saturated carbocycles. The minimum atomic E-state index is -0.585. The van der Waals surface area contributed by atoms with Gasteiger partial charge in [0.25, 0.3) is 5.91 Å². The highest BCUT2D eigenvalue weighted by Gasteiger charge is 2.19. The van der Waals surface area contributed by atoms with E-state index in [9.17, 15) is 4.79 Å². The van der Waals surface area contributed by atoms with Crippen LogP contribution in [0.1, 0.15) is 0 Å². The van der Waals surface area contributed by atoms with Gasteiger partial charge in [0.1, 0.15) is 18.5 Å². The summed E-state index contributed by atoms with van der Waals surface area (Å²) in [4.78, 5) is 13.4. The number of likely N-dealkylation sites (N-methyl/N-ethyl adjacent to an activating group) is 1. The molecular formula is C13H20BrClN2O3. The van der Waals surface area contributed by atoms with Crippen molar-refractivity contribution in [3.8, 4) is 5.75 Å². The Hall–Kier alpha value is -0.820. The second kappa shape index (κ2) is 9.99. The van der Waals surface area contributed by atoms with E-state index in [1.54, 1.807) is 11.9 Å². The molecule has 1 aromatic rings. The smallest absolute Gasteiger partial charge is 0.252 e. The van der Waals surface area contributed by atoms with Crippen LogP contribution in [0.15, 0.2) is 28.7 Å². The van der Waals surface area contributed by atoms with Crippen LogP contribution in [0.2, 0.25) is 0 Å². The molecule has 0 aromatic heterocycles. The zero-order valence-corrected chi connectivity index (χ0v) is 13.9. The Morgan fingerprint density at radius 1 is 1.40 bits per heavy atom. The van der Waals surface area contributed by atoms with E-state index in [1.165, 1.54) is 7.11 Å². The lowest BCUT2D eigenvalue weighted by molar-refractivity contribution is -0.140. The molecular weight excluding hydrogens is 348 g/mol. The average Bonchev–Trinajstić information content (AvgIpc) is 2.42. The van der Waals surface area contributed by atoms with E-state index >= 15 is 0 Å². The predicted octanol–water partition coefficient (Wildman–Crippen LogP) is 1.68. The van der Waals surface area contributed by atoms with Crippen molar-refractivity contribution in [2.75, 3.05) is 33.9 Å². The van der Waals surface area contributed by atoms with Gasteiger partial charge < -0.3 is 20.1 Å². The highest BCUT2D eigenvalue weighted by atomic mass is 79.9. The van der Waals surface area contributed by atoms with Crippen molar-refractivity contribution >= 4 is 34.2 Å². The van der Waals surface area contributed by atoms with Crippen LogP contribution in [0.3, 0.4) is 0 Å². The maximum atomic E-state index is 11.9. The van der Waals surface area contributed by atoms with E-state index in [2.05, 4.69) is 15.9 Å². The Balaban J connectivity index is 0.00000361. The van der Waals surface area contributed by atoms with Gasteiger partial charge in [0.15, 0.2) is 0 Å². The lowest BCUT2D eigenvalue weighted by Gasteiger charge is -2.22. The second-order valence-corrected chi connectivity index (χ2v) is 4.94. The van der Waals surface area contributed by atoms with E-state index in [0.29, 0.717) is 13.2 Å². The van der Waals surface area contributed by atoms with Crippen LogP contribution < -0.4 is 10.5 Å². The summed E-state index contributed by atoms with van der Waals surface area (Å²) in [6.07, 6.45) is -0.585. The zero-order chi connectivity index (χ0) is 14.3. The molecule has 2 N–H and O–H groups in total. The number of carbonyl (C=O) groups excluding carboxylic acids is 1. The molecule has 7 heteroatoms. The zero-order valence-electron chi connectivity index (χ0n) is 11.5. The number of rotatable bonds is 7. The number of nitrogens with zero attached hydrogens (tertiary/aromatic N) is 1. The van der Waals surface area contributed by atoms with Crippen LogP contribution in [0, 0.1) is 0 Å². The number of ether oxygens (including phenoxy) is 2. The summed E-state index contributed by atoms with van der Waals surface area (Å²) in [6, 6.07) is 7.53. The maximum absolute atomic E-state index is 11.9. The Labute approximate surface area is 133 Å². The first kappa shape index (κ1) is 19.2. The number of nitrogens with two attached hydrogens (primary N) is 1. The van der Waals surface area contributed by atoms with E-state index in [-0.39, 0.29) is 24.9 Å². The molecule has 0 bridgehead atoms. The highest BCUT2D eigenvalue weighted by molar-refractivity contribution is 9.10. The van der Waals surface area contributed by atoms with Gasteiger partial charge >= 0.3 is 0 Å². The number of benzene rings is 1. The van der Waals surface area contributed by atoms with E-state index < -0.39 is 6.10 Å². The van der Waals surface area contributed by atoms with Gasteiger partial charge in [-0.25, -0.2) is 0 Å². The minimum Gasteiger partial charge on any atom is -0.492 e. The Morgan fingerprint density at radius 3 is 2.50 bits per heavy atom. The van der Waals surface area contributed by atoms with Crippen molar-refractivity contribution < 1.29 is 14.3 Å². The SMILES string of the molecule is COC(CN)C(=O)N(C)CCOc1ccc(Br)cc1.Cl. The molecule has 1 aromatic carbocycles. The molecule has 5 nitrogen and oxygen atoms in total. The molecule has 1 rings (SSSR count). The summed E-state index contributed by atoms with van der Waals surface area (Å²) in [5, 5.41) is 0. The normalized spacial score (nSPS) is 11.4. The summed E-state index contributed by atoms with van der Waals surface area (Å²) >= 11 is 3.35. The highest BCUT2D eigenvalue weighted by Crippen LogP contribution is 2.15. The fourth-order valence-electron chi connectivity index (χ4n) is 1.49. The minimum absolute atomic E-state index is 0. The van der Waals surface area contributed by atoms with Crippen LogP contribution in [-0.4, -0.2) is 50.8 Å². The second-order valence-electron chi connectivity index (χ2n) is 4.02. The summed E-state index contributed by atoms with van der Waals surface area (Å²) in [5.41, 5.74) is 5.45. The van der Waals surface area contributed by atoms with Gasteiger partial charge in [-0.2, -0.15) is 0 Å². The van der Waals surface area contributed by atoms with E-state index in [4.69, 9.17) is 15.2 Å². The Bertz CT molecular complexity index is 399. The molecule has 20 heavy (non-hydrogen) atoms. The molecule has 1 amide bonds. The van der Waals surface area contributed by atoms with Gasteiger partial charge in [-0.1, -0.05) is 15.9 Å². The first-order valence-electron chi connectivity index (χ1n) is 5.94. The Morgan fingerprint density at radius 2 is 2.00 bits per heavy atom. The number of hydrogen-bond donors (Lipinski definition) is 1. The molecule has 0 aliphatic heterocycles. The first-order valence-corrected chi connectivity index (χ1v) is 6.74. The van der Waals surface area contributed by atoms with Crippen molar-refractivity contribution in [2.45, 2.75) is 6.10 Å². The Kier molecular flexibility index (Phi) is 9.58. The fourth-order valence-corrected chi connectivity index (χ4v) is 1.75. The fraction of sp³-hybridized carbons (Fsp3) is 0.462. The third kappa shape index (κ3) is 6.09. The molecule has 0 saturated heterocycles. The quantitative estimate of drug-likeness (QED) is 0.796. The standard InChI is InChI=1S/C13H19BrN2O3.ClH/c1-16(13(17)12(9-15)18-2)7-8-19-11-5-3-10(14)4-6-11;/h3-6,12H,7-9,15H2,1-2H3;1H. The predicted molar refractivity (Wildman–Crippen MR) is 84.4 cm³/mol. The summed E-state index contributed by atoms with van der Waals surface area (Å²) in [7, 11) is 3.18. The topological polar surface area (TPSA) is 64.8 Å². The van der Waals surface area contributed by atoms with Crippen LogP contribution >= 0.6 is 28.3 Å². The molecule has 0 heterocycles. The molecule has 0 aliphatic carbocycles. The maximum Gasteiger partial charge on any atom is 0.252 e. The molecule has 114 valence electrons. The summed E-state index contributed by atoms with van der Waals surface area (Å²) in [6.45, 7) is 1.08. The van der Waals surface area contributed by atoms with E-state index in [0.717, 1.165) is 10.2 Å². The van der Waals surface area contributed by atoms with Crippen LogP contribution in [0.25, 0.3) is 0 Å². The summed E-state index contributed by atoms with van der Waals surface area (Å²) < 4.78 is 11.5. The van der Waals surface area contributed by atoms with Gasteiger partial charge in [-0.05, 0) is 24.3 Å². The van der Waals surface area contributed by atoms with Crippen molar-refractivity contribution in [1.82, 2.24) is 4.90 Å². The average molecular weight is 368 g/mol. The monoisotopic (exact) mass is 366 g/mol. The lowest BCUT2D eigenvalue weighted by atomic mass is 10.3. The molecule has 0 spiro atoms. The van der Waals surface area contributed by atoms with Crippen LogP contribution in [-0.2, 0) is 9.53 Å². The van der Waals surface area contributed by atoms with Crippen LogP contribution in [0.4, 0.5) is 0 Å². The van der Waals surface area contributed by atoms with Gasteiger partial charge in [0.05, 0.1) is 6.54 Å². The molecule has 0 radical (unpaired) electrons. The van der Waals surface area contributed by atoms with Crippen molar-refractivity contribution in [1.29, 1.82) is 0 Å². The molecule has 1 atom stereocenters. The lowest BCUT2D eigenvalue weighted by Crippen LogP contribution is -2.43. The van der Waals surface area contributed by atoms with Crippen molar-refractivity contribution in [3.63, 3.8) is 0 Å². The number of hydrogen-bond acceptors (Lipinski definition) is 4. The number of halogens is 2. The number of amides is 1. The number of carbonyl (C=O) groups is 1. The van der Waals surface area contributed by atoms with Crippen molar-refractivity contribution in [2.24, 2.45) is 5.73 Å². The van der Waals surface area contributed by atoms with Gasteiger partial charge in [0.2, 0.25) is 0 Å². The van der Waals surface area contributed by atoms with Gasteiger partial charge in [0, 0.05) is 25.2 Å². The van der Waals surface area contributed by atoms with Crippen molar-refractivity contribution in [3.05, 3.63) is 28.7 Å². The number of methoxy groups -OCH3 is 1. The third-order valence-corrected chi connectivity index (χ3v) is 3.19. The summed E-state index contributed by atoms with van der Waals surface area (Å²) in [5.74, 6) is 0.635. The van der Waals surface area contributed by atoms with Crippen LogP contribution in [0.5, 0.6) is 5.75 Å². The van der Waals surface area contributed by atoms with Gasteiger partial charge in [-0.3, -0.25) is 4.79 Å². The van der Waals surface area contributed by atoms with Gasteiger partial charge in [-0.15, -0.1) is 12.4 Å². The molecule has 0 aliphatic rings. The van der Waals surface area contributed by atoms with E-state index in [1.807, 2.05) is 24.3 Å². The first-order chi connectivity index (χ1) is 9.08. The third-order valence-electron chi connectivity index (χ3n) is 2.66.